The lowest BCUT2D eigenvalue weighted by Gasteiger charge is -2.31. The second kappa shape index (κ2) is 6.12. The third kappa shape index (κ3) is 2.80. The number of hydrogen-bond donors (Lipinski definition) is 2. The highest BCUT2D eigenvalue weighted by Crippen LogP contribution is 2.28. The number of likely N-dealkylation sites (tertiary alicyclic amines) is 1. The van der Waals surface area contributed by atoms with Gasteiger partial charge in [-0.25, -0.2) is 19.3 Å². The number of hydrogen-bond acceptors (Lipinski definition) is 6. The van der Waals surface area contributed by atoms with Gasteiger partial charge in [-0.15, -0.1) is 0 Å². The van der Waals surface area contributed by atoms with Gasteiger partial charge in [0, 0.05) is 24.2 Å². The molecular weight excluding hydrogens is 309 g/mol. The molecule has 4 heterocycles. The van der Waals surface area contributed by atoms with Crippen molar-refractivity contribution < 1.29 is 4.39 Å². The van der Waals surface area contributed by atoms with Crippen LogP contribution in [0.25, 0.3) is 11.2 Å². The molecule has 1 fully saturated rings. The Kier molecular flexibility index (Phi) is 3.81. The van der Waals surface area contributed by atoms with E-state index in [0.717, 1.165) is 31.8 Å². The van der Waals surface area contributed by atoms with E-state index in [1.54, 1.807) is 18.6 Å². The molecule has 0 amide bonds. The Morgan fingerprint density at radius 2 is 2.12 bits per heavy atom. The summed E-state index contributed by atoms with van der Waals surface area (Å²) >= 11 is 0. The molecule has 1 saturated heterocycles. The monoisotopic (exact) mass is 327 g/mol. The first-order valence-corrected chi connectivity index (χ1v) is 7.98. The fraction of sp³-hybridized carbons (Fsp3) is 0.375. The van der Waals surface area contributed by atoms with Gasteiger partial charge in [0.05, 0.1) is 12.5 Å². The summed E-state index contributed by atoms with van der Waals surface area (Å²) in [6.45, 7) is 2.34. The van der Waals surface area contributed by atoms with Gasteiger partial charge in [-0.1, -0.05) is 0 Å². The van der Waals surface area contributed by atoms with Crippen LogP contribution in [0.1, 0.15) is 30.1 Å². The van der Waals surface area contributed by atoms with Crippen LogP contribution in [0.4, 0.5) is 10.2 Å². The third-order valence-electron chi connectivity index (χ3n) is 4.53. The number of nitrogen functional groups attached to an aromatic ring is 1. The predicted octanol–water partition coefficient (Wildman–Crippen LogP) is 1.85. The standard InChI is InChI=1S/C16H18FN7/c17-12-7-19-4-1-11(12)8-24-5-2-10(3-6-24)15-22-14(18)13-16(23-15)21-9-20-13/h1,4,7,9-10H,2-3,5-6,8H2,(H3,18,20,21,22,23). The molecule has 0 spiro atoms. The van der Waals surface area contributed by atoms with Crippen molar-refractivity contribution in [2.75, 3.05) is 18.8 Å². The highest BCUT2D eigenvalue weighted by atomic mass is 19.1. The lowest BCUT2D eigenvalue weighted by atomic mass is 9.95. The Hall–Kier alpha value is -2.61. The van der Waals surface area contributed by atoms with Crippen LogP contribution in [-0.2, 0) is 6.54 Å². The number of nitrogens with one attached hydrogen (secondary N) is 1. The Labute approximate surface area is 138 Å². The van der Waals surface area contributed by atoms with E-state index < -0.39 is 0 Å². The molecular formula is C16H18FN7. The van der Waals surface area contributed by atoms with Crippen LogP contribution in [0.15, 0.2) is 24.8 Å². The first-order valence-electron chi connectivity index (χ1n) is 7.98. The van der Waals surface area contributed by atoms with Crippen LogP contribution < -0.4 is 5.73 Å². The van der Waals surface area contributed by atoms with Crippen molar-refractivity contribution in [3.05, 3.63) is 42.0 Å². The summed E-state index contributed by atoms with van der Waals surface area (Å²) in [6, 6.07) is 1.73. The summed E-state index contributed by atoms with van der Waals surface area (Å²) in [4.78, 5) is 22.1. The number of pyridine rings is 1. The summed E-state index contributed by atoms with van der Waals surface area (Å²) in [5, 5.41) is 0. The number of nitrogens with two attached hydrogens (primary N) is 1. The van der Waals surface area contributed by atoms with Crippen molar-refractivity contribution in [2.45, 2.75) is 25.3 Å². The zero-order valence-corrected chi connectivity index (χ0v) is 13.1. The lowest BCUT2D eigenvalue weighted by molar-refractivity contribution is 0.199. The lowest BCUT2D eigenvalue weighted by Crippen LogP contribution is -2.33. The molecule has 7 nitrogen and oxygen atoms in total. The van der Waals surface area contributed by atoms with Crippen LogP contribution >= 0.6 is 0 Å². The van der Waals surface area contributed by atoms with Crippen molar-refractivity contribution in [1.82, 2.24) is 29.8 Å². The summed E-state index contributed by atoms with van der Waals surface area (Å²) in [6.07, 6.45) is 6.30. The molecule has 0 bridgehead atoms. The number of piperidine rings is 1. The number of halogens is 1. The molecule has 8 heteroatoms. The second-order valence-corrected chi connectivity index (χ2v) is 6.09. The van der Waals surface area contributed by atoms with E-state index in [2.05, 4.69) is 29.8 Å². The number of fused-ring (bicyclic) bond motifs is 1. The summed E-state index contributed by atoms with van der Waals surface area (Å²) in [7, 11) is 0. The molecule has 0 unspecified atom stereocenters. The smallest absolute Gasteiger partial charge is 0.183 e. The van der Waals surface area contributed by atoms with Crippen molar-refractivity contribution in [3.8, 4) is 0 Å². The molecule has 124 valence electrons. The Morgan fingerprint density at radius 1 is 1.29 bits per heavy atom. The van der Waals surface area contributed by atoms with Gasteiger partial charge < -0.3 is 10.7 Å². The summed E-state index contributed by atoms with van der Waals surface area (Å²) in [5.41, 5.74) is 7.95. The quantitative estimate of drug-likeness (QED) is 0.762. The normalized spacial score (nSPS) is 16.7. The number of H-pyrrole nitrogens is 1. The Morgan fingerprint density at radius 3 is 2.92 bits per heavy atom. The molecule has 0 radical (unpaired) electrons. The SMILES string of the molecule is Nc1nc(C2CCN(Cc3ccncc3F)CC2)nc2nc[nH]c12. The first kappa shape index (κ1) is 14.9. The van der Waals surface area contributed by atoms with E-state index in [1.165, 1.54) is 6.20 Å². The van der Waals surface area contributed by atoms with Crippen LogP contribution in [-0.4, -0.2) is 42.9 Å². The highest BCUT2D eigenvalue weighted by Gasteiger charge is 2.24. The fourth-order valence-corrected chi connectivity index (χ4v) is 3.18. The van der Waals surface area contributed by atoms with Gasteiger partial charge in [0.2, 0.25) is 0 Å². The zero-order valence-electron chi connectivity index (χ0n) is 13.1. The molecule has 0 aromatic carbocycles. The maximum Gasteiger partial charge on any atom is 0.183 e. The van der Waals surface area contributed by atoms with Crippen molar-refractivity contribution in [3.63, 3.8) is 0 Å². The van der Waals surface area contributed by atoms with Crippen LogP contribution in [0.2, 0.25) is 0 Å². The predicted molar refractivity (Wildman–Crippen MR) is 87.5 cm³/mol. The Bertz CT molecular complexity index is 855. The maximum atomic E-state index is 13.7. The van der Waals surface area contributed by atoms with Crippen LogP contribution in [0, 0.1) is 5.82 Å². The minimum atomic E-state index is -0.250. The maximum absolute atomic E-state index is 13.7. The number of aromatic nitrogens is 5. The fourth-order valence-electron chi connectivity index (χ4n) is 3.18. The largest absolute Gasteiger partial charge is 0.382 e. The van der Waals surface area contributed by atoms with Gasteiger partial charge in [-0.2, -0.15) is 0 Å². The van der Waals surface area contributed by atoms with E-state index in [-0.39, 0.29) is 11.7 Å². The summed E-state index contributed by atoms with van der Waals surface area (Å²) in [5.74, 6) is 1.20. The molecule has 0 atom stereocenters. The number of nitrogens with zero attached hydrogens (tertiary/aromatic N) is 5. The van der Waals surface area contributed by atoms with Gasteiger partial charge >= 0.3 is 0 Å². The average molecular weight is 327 g/mol. The molecule has 4 rings (SSSR count). The minimum Gasteiger partial charge on any atom is -0.382 e. The minimum absolute atomic E-state index is 0.250. The van der Waals surface area contributed by atoms with E-state index in [0.29, 0.717) is 29.1 Å². The van der Waals surface area contributed by atoms with Gasteiger partial charge in [0.1, 0.15) is 17.2 Å². The zero-order chi connectivity index (χ0) is 16.5. The molecule has 1 aliphatic heterocycles. The molecule has 24 heavy (non-hydrogen) atoms. The van der Waals surface area contributed by atoms with Crippen molar-refractivity contribution in [1.29, 1.82) is 0 Å². The van der Waals surface area contributed by atoms with E-state index in [1.807, 2.05) is 0 Å². The van der Waals surface area contributed by atoms with Gasteiger partial charge in [-0.05, 0) is 32.0 Å². The highest BCUT2D eigenvalue weighted by molar-refractivity contribution is 5.80. The molecule has 3 N–H and O–H groups in total. The van der Waals surface area contributed by atoms with Gasteiger partial charge in [0.25, 0.3) is 0 Å². The summed E-state index contributed by atoms with van der Waals surface area (Å²) < 4.78 is 13.7. The molecule has 0 saturated carbocycles. The van der Waals surface area contributed by atoms with Crippen LogP contribution in [0.3, 0.4) is 0 Å². The van der Waals surface area contributed by atoms with Crippen molar-refractivity contribution in [2.24, 2.45) is 0 Å². The van der Waals surface area contributed by atoms with Crippen LogP contribution in [0.5, 0.6) is 0 Å². The second-order valence-electron chi connectivity index (χ2n) is 6.09. The first-order chi connectivity index (χ1) is 11.7. The molecule has 1 aliphatic rings. The number of imidazole rings is 1. The molecule has 3 aromatic heterocycles. The van der Waals surface area contributed by atoms with Gasteiger partial charge in [0.15, 0.2) is 11.5 Å². The van der Waals surface area contributed by atoms with Gasteiger partial charge in [-0.3, -0.25) is 9.88 Å². The molecule has 3 aromatic rings. The number of aromatic amines is 1. The Balaban J connectivity index is 1.44. The van der Waals surface area contributed by atoms with E-state index >= 15 is 0 Å². The topological polar surface area (TPSA) is 96.6 Å². The molecule has 0 aliphatic carbocycles. The van der Waals surface area contributed by atoms with E-state index in [9.17, 15) is 4.39 Å². The van der Waals surface area contributed by atoms with E-state index in [4.69, 9.17) is 5.73 Å². The average Bonchev–Trinajstić information content (AvgIpc) is 3.07. The number of rotatable bonds is 3. The third-order valence-corrected chi connectivity index (χ3v) is 4.53. The van der Waals surface area contributed by atoms with Crippen molar-refractivity contribution >= 4 is 17.0 Å². The number of anilines is 1.